The van der Waals surface area contributed by atoms with Crippen LogP contribution in [-0.2, 0) is 65.4 Å². The number of esters is 4. The summed E-state index contributed by atoms with van der Waals surface area (Å²) in [7, 11) is -9.91. The van der Waals surface area contributed by atoms with E-state index in [9.17, 15) is 43.2 Å². The Balaban J connectivity index is 5.18. The van der Waals surface area contributed by atoms with Crippen molar-refractivity contribution in [3.63, 3.8) is 0 Å². The third kappa shape index (κ3) is 74.1. The van der Waals surface area contributed by atoms with E-state index >= 15 is 0 Å². The first-order chi connectivity index (χ1) is 47.7. The molecule has 0 radical (unpaired) electrons. The van der Waals surface area contributed by atoms with Crippen LogP contribution >= 0.6 is 15.6 Å². The first-order valence-electron chi connectivity index (χ1n) is 41.3. The maximum Gasteiger partial charge on any atom is 0.472 e. The zero-order valence-electron chi connectivity index (χ0n) is 65.0. The largest absolute Gasteiger partial charge is 0.472 e. The Bertz CT molecular complexity index is 1920. The third-order valence-electron chi connectivity index (χ3n) is 18.6. The molecule has 0 bridgehead atoms. The lowest BCUT2D eigenvalue weighted by Gasteiger charge is -2.21. The number of unbranched alkanes of at least 4 members (excludes halogenated alkanes) is 46. The van der Waals surface area contributed by atoms with E-state index in [1.807, 2.05) is 0 Å². The number of ether oxygens (including phenoxy) is 4. The van der Waals surface area contributed by atoms with Gasteiger partial charge in [0.05, 0.1) is 26.4 Å². The zero-order valence-corrected chi connectivity index (χ0v) is 66.8. The van der Waals surface area contributed by atoms with Gasteiger partial charge in [-0.25, -0.2) is 9.13 Å². The van der Waals surface area contributed by atoms with Crippen LogP contribution in [0.15, 0.2) is 0 Å². The average Bonchev–Trinajstić information content (AvgIpc) is 0.979. The molecule has 0 aromatic rings. The van der Waals surface area contributed by atoms with Gasteiger partial charge in [-0.3, -0.25) is 37.3 Å². The minimum absolute atomic E-state index is 0.107. The molecular weight excluding hydrogens is 1290 g/mol. The average molecular weight is 1450 g/mol. The Kier molecular flexibility index (Phi) is 69.0. The predicted octanol–water partition coefficient (Wildman–Crippen LogP) is 23.7. The summed E-state index contributed by atoms with van der Waals surface area (Å²) in [5.74, 6) is 0.281. The van der Waals surface area contributed by atoms with Crippen molar-refractivity contribution in [2.45, 2.75) is 433 Å². The number of aliphatic hydroxyl groups is 1. The zero-order chi connectivity index (χ0) is 73.0. The second kappa shape index (κ2) is 70.4. The molecule has 17 nitrogen and oxygen atoms in total. The monoisotopic (exact) mass is 1450 g/mol. The first-order valence-corrected chi connectivity index (χ1v) is 44.3. The molecule has 0 saturated heterocycles. The number of carbonyl (C=O) groups is 4. The summed E-state index contributed by atoms with van der Waals surface area (Å²) in [4.78, 5) is 72.9. The Labute approximate surface area is 607 Å². The smallest absolute Gasteiger partial charge is 0.462 e. The van der Waals surface area contributed by atoms with E-state index in [1.54, 1.807) is 0 Å². The Morgan fingerprint density at radius 1 is 0.273 bits per heavy atom. The Hall–Kier alpha value is -1.94. The van der Waals surface area contributed by atoms with Gasteiger partial charge in [0, 0.05) is 25.7 Å². The summed E-state index contributed by atoms with van der Waals surface area (Å²) in [6.07, 6.45) is 58.4. The summed E-state index contributed by atoms with van der Waals surface area (Å²) in [6, 6.07) is 0. The molecule has 3 N–H and O–H groups in total. The van der Waals surface area contributed by atoms with Gasteiger partial charge in [-0.15, -0.1) is 0 Å². The molecule has 0 saturated carbocycles. The third-order valence-corrected chi connectivity index (χ3v) is 20.5. The number of hydrogen-bond acceptors (Lipinski definition) is 15. The van der Waals surface area contributed by atoms with Crippen LogP contribution in [0, 0.1) is 17.8 Å². The molecule has 0 aromatic heterocycles. The number of aliphatic hydroxyl groups excluding tert-OH is 1. The summed E-state index contributed by atoms with van der Waals surface area (Å²) >= 11 is 0. The van der Waals surface area contributed by atoms with E-state index < -0.39 is 97.5 Å². The van der Waals surface area contributed by atoms with Gasteiger partial charge in [0.15, 0.2) is 12.2 Å². The molecule has 0 aliphatic heterocycles. The van der Waals surface area contributed by atoms with Crippen molar-refractivity contribution >= 4 is 39.5 Å². The highest BCUT2D eigenvalue weighted by molar-refractivity contribution is 7.47. The van der Waals surface area contributed by atoms with Gasteiger partial charge >= 0.3 is 39.5 Å². The highest BCUT2D eigenvalue weighted by atomic mass is 31.2. The van der Waals surface area contributed by atoms with Crippen molar-refractivity contribution in [3.05, 3.63) is 0 Å². The lowest BCUT2D eigenvalue weighted by Crippen LogP contribution is -2.30. The summed E-state index contributed by atoms with van der Waals surface area (Å²) in [5.41, 5.74) is 0. The number of phosphoric acid groups is 2. The molecule has 0 fully saturated rings. The molecule has 0 rings (SSSR count). The van der Waals surface area contributed by atoms with Crippen molar-refractivity contribution in [3.8, 4) is 0 Å². The van der Waals surface area contributed by atoms with Crippen LogP contribution in [0.3, 0.4) is 0 Å². The highest BCUT2D eigenvalue weighted by Crippen LogP contribution is 2.45. The molecule has 99 heavy (non-hydrogen) atoms. The van der Waals surface area contributed by atoms with Crippen LogP contribution in [0.5, 0.6) is 0 Å². The topological polar surface area (TPSA) is 237 Å². The minimum Gasteiger partial charge on any atom is -0.462 e. The second-order valence-electron chi connectivity index (χ2n) is 30.2. The fraction of sp³-hybridized carbons (Fsp3) is 0.950. The highest BCUT2D eigenvalue weighted by Gasteiger charge is 2.30. The van der Waals surface area contributed by atoms with E-state index in [2.05, 4.69) is 48.5 Å². The molecule has 5 atom stereocenters. The summed E-state index contributed by atoms with van der Waals surface area (Å²) in [6.45, 7) is 12.0. The van der Waals surface area contributed by atoms with Crippen LogP contribution in [0.1, 0.15) is 414 Å². The van der Waals surface area contributed by atoms with Crippen LogP contribution in [0.4, 0.5) is 0 Å². The van der Waals surface area contributed by atoms with Gasteiger partial charge in [0.1, 0.15) is 19.3 Å². The second-order valence-corrected chi connectivity index (χ2v) is 33.1. The van der Waals surface area contributed by atoms with Gasteiger partial charge in [-0.2, -0.15) is 0 Å². The van der Waals surface area contributed by atoms with Gasteiger partial charge in [-0.05, 0) is 43.4 Å². The lowest BCUT2D eigenvalue weighted by atomic mass is 10.0. The fourth-order valence-electron chi connectivity index (χ4n) is 12.3. The molecule has 0 heterocycles. The summed E-state index contributed by atoms with van der Waals surface area (Å²) < 4.78 is 68.6. The molecule has 0 aliphatic carbocycles. The molecule has 0 amide bonds. The maximum atomic E-state index is 13.1. The van der Waals surface area contributed by atoms with Gasteiger partial charge in [-0.1, -0.05) is 363 Å². The van der Waals surface area contributed by atoms with Crippen molar-refractivity contribution in [1.29, 1.82) is 0 Å². The number of rotatable bonds is 78. The predicted molar refractivity (Wildman–Crippen MR) is 405 cm³/mol. The van der Waals surface area contributed by atoms with E-state index in [0.29, 0.717) is 25.7 Å². The molecule has 0 spiro atoms. The number of carbonyl (C=O) groups excluding carboxylic acids is 4. The van der Waals surface area contributed by atoms with Crippen molar-refractivity contribution < 1.29 is 80.2 Å². The lowest BCUT2D eigenvalue weighted by molar-refractivity contribution is -0.161. The van der Waals surface area contributed by atoms with Crippen LogP contribution in [0.25, 0.3) is 0 Å². The normalized spacial score (nSPS) is 14.0. The fourth-order valence-corrected chi connectivity index (χ4v) is 13.9. The first kappa shape index (κ1) is 97.1. The van der Waals surface area contributed by atoms with E-state index in [4.69, 9.17) is 37.0 Å². The van der Waals surface area contributed by atoms with Crippen molar-refractivity contribution in [2.75, 3.05) is 39.6 Å². The number of hydrogen-bond donors (Lipinski definition) is 3. The molecule has 588 valence electrons. The van der Waals surface area contributed by atoms with Crippen LogP contribution in [-0.4, -0.2) is 96.7 Å². The van der Waals surface area contributed by atoms with Crippen LogP contribution < -0.4 is 0 Å². The maximum absolute atomic E-state index is 13.1. The van der Waals surface area contributed by atoms with Gasteiger partial charge in [0.25, 0.3) is 0 Å². The molecular formula is C80H156O17P2. The number of phosphoric ester groups is 2. The SMILES string of the molecule is CCCCCCCCCC(=O)OC[C@H](COP(=O)(O)OC[C@H](O)COP(=O)(O)OC[C@@H](COC(=O)CCCCCCCCCCCCCCCCC(C)C)OC(=O)CCCCCCCCCCCCCCCCCC(C)C)OC(=O)CCCCCCCCCCCCCCCCC(C)C. The van der Waals surface area contributed by atoms with Crippen molar-refractivity contribution in [1.82, 2.24) is 0 Å². The minimum atomic E-state index is -4.96. The van der Waals surface area contributed by atoms with Gasteiger partial charge in [0.2, 0.25) is 0 Å². The van der Waals surface area contributed by atoms with Gasteiger partial charge < -0.3 is 33.8 Å². The van der Waals surface area contributed by atoms with E-state index in [0.717, 1.165) is 120 Å². The quantitative estimate of drug-likeness (QED) is 0.0222. The van der Waals surface area contributed by atoms with Crippen molar-refractivity contribution in [2.24, 2.45) is 17.8 Å². The van der Waals surface area contributed by atoms with E-state index in [-0.39, 0.29) is 25.7 Å². The standard InChI is InChI=1S/C80H156O17P2/c1-8-9-10-11-37-47-54-61-77(82)90-67-75(96-79(84)63-57-50-43-36-30-24-18-16-21-27-33-40-46-53-60-73(6)7)69-94-98(86,87)92-65-74(81)66-93-99(88,89)95-70-76(68-91-78(83)62-55-48-41-34-28-22-17-15-20-26-32-39-45-52-59-72(4)5)97-80(85)64-56-49-42-35-29-23-14-12-13-19-25-31-38-44-51-58-71(2)3/h71-76,81H,8-70H2,1-7H3,(H,86,87)(H,88,89)/t74-,75+,76+/m0/s1. The Morgan fingerprint density at radius 3 is 0.687 bits per heavy atom. The summed E-state index contributed by atoms with van der Waals surface area (Å²) in [5, 5.41) is 10.6. The molecule has 2 unspecified atom stereocenters. The van der Waals surface area contributed by atoms with E-state index in [1.165, 1.54) is 212 Å². The molecule has 0 aliphatic rings. The Morgan fingerprint density at radius 2 is 0.465 bits per heavy atom. The molecule has 0 aromatic carbocycles. The molecule has 19 heteroatoms. The van der Waals surface area contributed by atoms with Crippen LogP contribution in [0.2, 0.25) is 0 Å².